The molecule has 2 heterocycles. The summed E-state index contributed by atoms with van der Waals surface area (Å²) in [5.74, 6) is -0.0848. The number of aromatic carboxylic acids is 1. The quantitative estimate of drug-likeness (QED) is 0.831. The van der Waals surface area contributed by atoms with Gasteiger partial charge in [-0.3, -0.25) is 0 Å². The molecule has 0 aliphatic carbocycles. The smallest absolute Gasteiger partial charge is 0.339 e. The van der Waals surface area contributed by atoms with Crippen LogP contribution in [0.4, 0.5) is 5.82 Å². The Labute approximate surface area is 99.8 Å². The number of carbonyl (C=O) groups is 1. The number of carboxylic acid groups (broad SMARTS) is 1. The normalized spacial score (nSPS) is 19.9. The molecule has 1 saturated heterocycles. The largest absolute Gasteiger partial charge is 0.478 e. The number of pyridine rings is 1. The van der Waals surface area contributed by atoms with Crippen LogP contribution in [0.5, 0.6) is 0 Å². The zero-order valence-electron chi connectivity index (χ0n) is 9.56. The van der Waals surface area contributed by atoms with E-state index in [-0.39, 0.29) is 5.56 Å². The summed E-state index contributed by atoms with van der Waals surface area (Å²) in [6, 6.07) is 3.17. The molecule has 1 aromatic heterocycles. The average molecular weight is 236 g/mol. The molecule has 1 aliphatic rings. The highest BCUT2D eigenvalue weighted by atomic mass is 16.5. The lowest BCUT2D eigenvalue weighted by molar-refractivity contribution is 0.0594. The summed E-state index contributed by atoms with van der Waals surface area (Å²) in [5, 5.41) is 12.1. The fraction of sp³-hybridized carbons (Fsp3) is 0.500. The van der Waals surface area contributed by atoms with Gasteiger partial charge < -0.3 is 15.2 Å². The van der Waals surface area contributed by atoms with Gasteiger partial charge in [0.15, 0.2) is 0 Å². The highest BCUT2D eigenvalue weighted by Gasteiger charge is 2.15. The van der Waals surface area contributed by atoms with Crippen molar-refractivity contribution in [1.82, 2.24) is 4.98 Å². The lowest BCUT2D eigenvalue weighted by Crippen LogP contribution is -2.25. The van der Waals surface area contributed by atoms with Crippen molar-refractivity contribution in [3.63, 3.8) is 0 Å². The minimum absolute atomic E-state index is 0.212. The predicted molar refractivity (Wildman–Crippen MR) is 63.2 cm³/mol. The van der Waals surface area contributed by atoms with Crippen molar-refractivity contribution in [2.75, 3.05) is 25.1 Å². The molecule has 5 nitrogen and oxygen atoms in total. The summed E-state index contributed by atoms with van der Waals surface area (Å²) < 4.78 is 5.37. The summed E-state index contributed by atoms with van der Waals surface area (Å²) in [6.07, 6.45) is 3.77. The Morgan fingerprint density at radius 1 is 1.65 bits per heavy atom. The standard InChI is InChI=1S/C12H16N2O3/c15-12(16)10-4-1-5-13-11(10)14-7-9-3-2-6-17-8-9/h1,4-5,9H,2-3,6-8H2,(H,13,14)(H,15,16). The molecule has 0 amide bonds. The molecule has 0 saturated carbocycles. The lowest BCUT2D eigenvalue weighted by atomic mass is 10.0. The van der Waals surface area contributed by atoms with Crippen LogP contribution in [0, 0.1) is 5.92 Å². The number of ether oxygens (including phenoxy) is 1. The number of rotatable bonds is 4. The van der Waals surface area contributed by atoms with Gasteiger partial charge in [0.2, 0.25) is 0 Å². The molecule has 2 rings (SSSR count). The van der Waals surface area contributed by atoms with E-state index in [1.165, 1.54) is 0 Å². The topological polar surface area (TPSA) is 71.5 Å². The first kappa shape index (κ1) is 11.9. The number of nitrogens with one attached hydrogen (secondary N) is 1. The van der Waals surface area contributed by atoms with Gasteiger partial charge in [0.05, 0.1) is 6.61 Å². The average Bonchev–Trinajstić information content (AvgIpc) is 2.38. The maximum atomic E-state index is 11.0. The molecule has 0 radical (unpaired) electrons. The molecule has 17 heavy (non-hydrogen) atoms. The number of nitrogens with zero attached hydrogens (tertiary/aromatic N) is 1. The van der Waals surface area contributed by atoms with Gasteiger partial charge in [-0.25, -0.2) is 9.78 Å². The summed E-state index contributed by atoms with van der Waals surface area (Å²) in [4.78, 5) is 15.0. The molecule has 5 heteroatoms. The minimum atomic E-state index is -0.958. The van der Waals surface area contributed by atoms with Gasteiger partial charge in [0.25, 0.3) is 0 Å². The maximum absolute atomic E-state index is 11.0. The van der Waals surface area contributed by atoms with Crippen molar-refractivity contribution >= 4 is 11.8 Å². The number of anilines is 1. The van der Waals surface area contributed by atoms with Crippen molar-refractivity contribution < 1.29 is 14.6 Å². The fourth-order valence-electron chi connectivity index (χ4n) is 1.93. The minimum Gasteiger partial charge on any atom is -0.478 e. The van der Waals surface area contributed by atoms with E-state index in [1.807, 2.05) is 0 Å². The summed E-state index contributed by atoms with van der Waals surface area (Å²) in [5.41, 5.74) is 0.212. The van der Waals surface area contributed by atoms with E-state index in [9.17, 15) is 4.79 Å². The van der Waals surface area contributed by atoms with Crippen molar-refractivity contribution in [2.24, 2.45) is 5.92 Å². The molecule has 2 N–H and O–H groups in total. The van der Waals surface area contributed by atoms with Gasteiger partial charge in [-0.1, -0.05) is 0 Å². The van der Waals surface area contributed by atoms with Crippen molar-refractivity contribution in [3.8, 4) is 0 Å². The van der Waals surface area contributed by atoms with Crippen molar-refractivity contribution in [1.29, 1.82) is 0 Å². The van der Waals surface area contributed by atoms with Crippen molar-refractivity contribution in [3.05, 3.63) is 23.9 Å². The molecular formula is C12H16N2O3. The molecule has 1 fully saturated rings. The molecule has 1 aromatic rings. The van der Waals surface area contributed by atoms with Crippen LogP contribution in [-0.2, 0) is 4.74 Å². The van der Waals surface area contributed by atoms with E-state index in [0.717, 1.165) is 26.1 Å². The monoisotopic (exact) mass is 236 g/mol. The van der Waals surface area contributed by atoms with Crippen LogP contribution in [-0.4, -0.2) is 35.8 Å². The van der Waals surface area contributed by atoms with E-state index in [0.29, 0.717) is 18.3 Å². The van der Waals surface area contributed by atoms with Crippen LogP contribution in [0.2, 0.25) is 0 Å². The second kappa shape index (κ2) is 5.63. The van der Waals surface area contributed by atoms with E-state index in [1.54, 1.807) is 18.3 Å². The first-order valence-electron chi connectivity index (χ1n) is 5.77. The van der Waals surface area contributed by atoms with Crippen LogP contribution in [0.15, 0.2) is 18.3 Å². The third kappa shape index (κ3) is 3.17. The third-order valence-electron chi connectivity index (χ3n) is 2.85. The highest BCUT2D eigenvalue weighted by Crippen LogP contribution is 2.16. The second-order valence-corrected chi connectivity index (χ2v) is 4.17. The lowest BCUT2D eigenvalue weighted by Gasteiger charge is -2.22. The number of hydrogen-bond donors (Lipinski definition) is 2. The zero-order chi connectivity index (χ0) is 12.1. The fourth-order valence-corrected chi connectivity index (χ4v) is 1.93. The molecule has 1 aliphatic heterocycles. The van der Waals surface area contributed by atoms with Gasteiger partial charge in [-0.15, -0.1) is 0 Å². The Hall–Kier alpha value is -1.62. The zero-order valence-corrected chi connectivity index (χ0v) is 9.56. The summed E-state index contributed by atoms with van der Waals surface area (Å²) >= 11 is 0. The van der Waals surface area contributed by atoms with Gasteiger partial charge in [0.1, 0.15) is 11.4 Å². The van der Waals surface area contributed by atoms with Crippen LogP contribution < -0.4 is 5.32 Å². The highest BCUT2D eigenvalue weighted by molar-refractivity contribution is 5.92. The van der Waals surface area contributed by atoms with Crippen LogP contribution in [0.25, 0.3) is 0 Å². The van der Waals surface area contributed by atoms with Gasteiger partial charge >= 0.3 is 5.97 Å². The number of hydrogen-bond acceptors (Lipinski definition) is 4. The van der Waals surface area contributed by atoms with E-state index in [2.05, 4.69) is 10.3 Å². The maximum Gasteiger partial charge on any atom is 0.339 e. The van der Waals surface area contributed by atoms with E-state index >= 15 is 0 Å². The molecule has 1 atom stereocenters. The summed E-state index contributed by atoms with van der Waals surface area (Å²) in [7, 11) is 0. The predicted octanol–water partition coefficient (Wildman–Crippen LogP) is 1.62. The molecule has 0 spiro atoms. The van der Waals surface area contributed by atoms with Crippen molar-refractivity contribution in [2.45, 2.75) is 12.8 Å². The van der Waals surface area contributed by atoms with E-state index in [4.69, 9.17) is 9.84 Å². The van der Waals surface area contributed by atoms with E-state index < -0.39 is 5.97 Å². The number of carboxylic acids is 1. The molecule has 92 valence electrons. The van der Waals surface area contributed by atoms with Gasteiger partial charge in [0, 0.05) is 19.3 Å². The first-order chi connectivity index (χ1) is 8.27. The van der Waals surface area contributed by atoms with Crippen LogP contribution in [0.1, 0.15) is 23.2 Å². The van der Waals surface area contributed by atoms with Crippen LogP contribution in [0.3, 0.4) is 0 Å². The first-order valence-corrected chi connectivity index (χ1v) is 5.77. The molecule has 1 unspecified atom stereocenters. The Morgan fingerprint density at radius 3 is 3.24 bits per heavy atom. The third-order valence-corrected chi connectivity index (χ3v) is 2.85. The Bertz CT molecular complexity index is 389. The Morgan fingerprint density at radius 2 is 2.53 bits per heavy atom. The number of aromatic nitrogens is 1. The van der Waals surface area contributed by atoms with Crippen LogP contribution >= 0.6 is 0 Å². The second-order valence-electron chi connectivity index (χ2n) is 4.17. The summed E-state index contributed by atoms with van der Waals surface area (Å²) in [6.45, 7) is 2.28. The molecular weight excluding hydrogens is 220 g/mol. The molecule has 0 bridgehead atoms. The Kier molecular flexibility index (Phi) is 3.93. The Balaban J connectivity index is 1.96. The molecule has 0 aromatic carbocycles. The van der Waals surface area contributed by atoms with Gasteiger partial charge in [-0.05, 0) is 30.9 Å². The van der Waals surface area contributed by atoms with Gasteiger partial charge in [-0.2, -0.15) is 0 Å². The SMILES string of the molecule is O=C(O)c1cccnc1NCC1CCCOC1.